The Morgan fingerprint density at radius 2 is 2.00 bits per heavy atom. The van der Waals surface area contributed by atoms with Crippen LogP contribution in [0.15, 0.2) is 24.4 Å². The van der Waals surface area contributed by atoms with E-state index in [1.807, 2.05) is 0 Å². The molecule has 0 radical (unpaired) electrons. The van der Waals surface area contributed by atoms with Gasteiger partial charge in [0.15, 0.2) is 11.6 Å². The van der Waals surface area contributed by atoms with Gasteiger partial charge in [0.2, 0.25) is 0 Å². The van der Waals surface area contributed by atoms with Crippen LogP contribution in [0.4, 0.5) is 4.39 Å². The van der Waals surface area contributed by atoms with Crippen molar-refractivity contribution in [2.24, 2.45) is 0 Å². The molecule has 1 heterocycles. The summed E-state index contributed by atoms with van der Waals surface area (Å²) in [7, 11) is 0. The van der Waals surface area contributed by atoms with Gasteiger partial charge in [0.1, 0.15) is 5.75 Å². The lowest BCUT2D eigenvalue weighted by atomic mass is 9.98. The molecule has 0 saturated carbocycles. The predicted octanol–water partition coefficient (Wildman–Crippen LogP) is 3.32. The second-order valence-electron chi connectivity index (χ2n) is 4.70. The summed E-state index contributed by atoms with van der Waals surface area (Å²) in [4.78, 5) is 0. The molecule has 0 aliphatic carbocycles. The SMILES string of the molecule is CC(C)c1c(O)cc(/C=C/c2cccnn2)c(F)c1O. The van der Waals surface area contributed by atoms with Gasteiger partial charge in [0.05, 0.1) is 5.69 Å². The summed E-state index contributed by atoms with van der Waals surface area (Å²) in [6.45, 7) is 3.53. The molecule has 4 nitrogen and oxygen atoms in total. The summed E-state index contributed by atoms with van der Waals surface area (Å²) in [5.74, 6) is -1.58. The van der Waals surface area contributed by atoms with Crippen LogP contribution in [0, 0.1) is 5.82 Å². The lowest BCUT2D eigenvalue weighted by molar-refractivity contribution is 0.404. The minimum absolute atomic E-state index is 0.0926. The van der Waals surface area contributed by atoms with Crippen LogP contribution in [-0.4, -0.2) is 20.4 Å². The van der Waals surface area contributed by atoms with Crippen LogP contribution in [0.2, 0.25) is 0 Å². The van der Waals surface area contributed by atoms with Gasteiger partial charge in [-0.2, -0.15) is 10.2 Å². The van der Waals surface area contributed by atoms with E-state index in [1.54, 1.807) is 32.1 Å². The van der Waals surface area contributed by atoms with E-state index in [4.69, 9.17) is 0 Å². The van der Waals surface area contributed by atoms with E-state index >= 15 is 0 Å². The largest absolute Gasteiger partial charge is 0.507 e. The molecule has 2 N–H and O–H groups in total. The number of phenolic OH excluding ortho intramolecular Hbond substituents is 2. The minimum atomic E-state index is -0.758. The second kappa shape index (κ2) is 5.69. The van der Waals surface area contributed by atoms with Gasteiger partial charge in [-0.05, 0) is 36.3 Å². The molecule has 1 aromatic carbocycles. The summed E-state index contributed by atoms with van der Waals surface area (Å²) >= 11 is 0. The lowest BCUT2D eigenvalue weighted by Crippen LogP contribution is -1.94. The van der Waals surface area contributed by atoms with Crippen LogP contribution in [-0.2, 0) is 0 Å². The first-order chi connectivity index (χ1) is 9.50. The molecule has 0 atom stereocenters. The maximum atomic E-state index is 14.1. The maximum absolute atomic E-state index is 14.1. The molecule has 0 aliphatic heterocycles. The Morgan fingerprint density at radius 1 is 1.25 bits per heavy atom. The molecule has 0 fully saturated rings. The average Bonchev–Trinajstić information content (AvgIpc) is 2.42. The molecule has 0 unspecified atom stereocenters. The normalized spacial score (nSPS) is 11.4. The van der Waals surface area contributed by atoms with E-state index in [1.165, 1.54) is 18.3 Å². The standard InChI is InChI=1S/C15H15FN2O2/c1-9(2)13-12(19)8-10(14(16)15(13)20)5-6-11-4-3-7-17-18-11/h3-9,19-20H,1-2H3/b6-5+. The molecule has 104 valence electrons. The molecule has 2 aromatic rings. The van der Waals surface area contributed by atoms with Gasteiger partial charge in [-0.3, -0.25) is 0 Å². The van der Waals surface area contributed by atoms with Crippen molar-refractivity contribution in [3.63, 3.8) is 0 Å². The highest BCUT2D eigenvalue weighted by Gasteiger charge is 2.18. The zero-order valence-electron chi connectivity index (χ0n) is 11.2. The van der Waals surface area contributed by atoms with Crippen LogP contribution >= 0.6 is 0 Å². The van der Waals surface area contributed by atoms with Crippen LogP contribution in [0.1, 0.15) is 36.6 Å². The second-order valence-corrected chi connectivity index (χ2v) is 4.70. The number of phenols is 2. The fraction of sp³-hybridized carbons (Fsp3) is 0.200. The average molecular weight is 274 g/mol. The first kappa shape index (κ1) is 14.0. The predicted molar refractivity (Wildman–Crippen MR) is 74.8 cm³/mol. The third kappa shape index (κ3) is 2.77. The third-order valence-corrected chi connectivity index (χ3v) is 2.89. The molecular weight excluding hydrogens is 259 g/mol. The van der Waals surface area contributed by atoms with Gasteiger partial charge in [0.25, 0.3) is 0 Å². The van der Waals surface area contributed by atoms with Crippen LogP contribution in [0.3, 0.4) is 0 Å². The summed E-state index contributed by atoms with van der Waals surface area (Å²) < 4.78 is 14.1. The molecule has 2 rings (SSSR count). The molecule has 0 aliphatic rings. The van der Waals surface area contributed by atoms with Gasteiger partial charge in [0, 0.05) is 17.3 Å². The topological polar surface area (TPSA) is 66.2 Å². The van der Waals surface area contributed by atoms with Crippen molar-refractivity contribution in [3.05, 3.63) is 47.0 Å². The summed E-state index contributed by atoms with van der Waals surface area (Å²) in [5, 5.41) is 27.2. The van der Waals surface area contributed by atoms with Gasteiger partial charge in [-0.1, -0.05) is 13.8 Å². The van der Waals surface area contributed by atoms with Gasteiger partial charge < -0.3 is 10.2 Å². The van der Waals surface area contributed by atoms with Crippen molar-refractivity contribution < 1.29 is 14.6 Å². The quantitative estimate of drug-likeness (QED) is 0.901. The highest BCUT2D eigenvalue weighted by Crippen LogP contribution is 2.38. The lowest BCUT2D eigenvalue weighted by Gasteiger charge is -2.12. The van der Waals surface area contributed by atoms with Gasteiger partial charge in [-0.25, -0.2) is 4.39 Å². The van der Waals surface area contributed by atoms with Crippen molar-refractivity contribution in [1.82, 2.24) is 10.2 Å². The maximum Gasteiger partial charge on any atom is 0.172 e. The summed E-state index contributed by atoms with van der Waals surface area (Å²) in [6, 6.07) is 4.71. The van der Waals surface area contributed by atoms with Gasteiger partial charge in [-0.15, -0.1) is 0 Å². The summed E-state index contributed by atoms with van der Waals surface area (Å²) in [6.07, 6.45) is 4.52. The van der Waals surface area contributed by atoms with Gasteiger partial charge >= 0.3 is 0 Å². The highest BCUT2D eigenvalue weighted by molar-refractivity contribution is 5.71. The first-order valence-electron chi connectivity index (χ1n) is 6.20. The van der Waals surface area contributed by atoms with E-state index < -0.39 is 11.6 Å². The van der Waals surface area contributed by atoms with E-state index in [9.17, 15) is 14.6 Å². The number of rotatable bonds is 3. The molecule has 0 spiro atoms. The first-order valence-corrected chi connectivity index (χ1v) is 6.20. The number of halogens is 1. The number of hydrogen-bond donors (Lipinski definition) is 2. The number of aromatic hydroxyl groups is 2. The highest BCUT2D eigenvalue weighted by atomic mass is 19.1. The molecular formula is C15H15FN2O2. The van der Waals surface area contributed by atoms with Crippen molar-refractivity contribution in [1.29, 1.82) is 0 Å². The number of benzene rings is 1. The van der Waals surface area contributed by atoms with E-state index in [0.717, 1.165) is 0 Å². The van der Waals surface area contributed by atoms with E-state index in [2.05, 4.69) is 10.2 Å². The van der Waals surface area contributed by atoms with E-state index in [0.29, 0.717) is 5.69 Å². The zero-order chi connectivity index (χ0) is 14.7. The van der Waals surface area contributed by atoms with Crippen LogP contribution in [0.5, 0.6) is 11.5 Å². The molecule has 20 heavy (non-hydrogen) atoms. The Morgan fingerprint density at radius 3 is 2.60 bits per heavy atom. The molecule has 0 amide bonds. The molecule has 1 aromatic heterocycles. The Hall–Kier alpha value is -2.43. The number of nitrogens with zero attached hydrogens (tertiary/aromatic N) is 2. The molecule has 0 bridgehead atoms. The smallest absolute Gasteiger partial charge is 0.172 e. The fourth-order valence-corrected chi connectivity index (χ4v) is 1.93. The Kier molecular flexibility index (Phi) is 3.98. The van der Waals surface area contributed by atoms with Crippen molar-refractivity contribution in [2.75, 3.05) is 0 Å². The van der Waals surface area contributed by atoms with Crippen LogP contribution < -0.4 is 0 Å². The number of aromatic nitrogens is 2. The Balaban J connectivity index is 2.42. The van der Waals surface area contributed by atoms with Crippen LogP contribution in [0.25, 0.3) is 12.2 Å². The fourth-order valence-electron chi connectivity index (χ4n) is 1.93. The zero-order valence-corrected chi connectivity index (χ0v) is 11.2. The molecule has 5 heteroatoms. The van der Waals surface area contributed by atoms with E-state index in [-0.39, 0.29) is 22.8 Å². The minimum Gasteiger partial charge on any atom is -0.507 e. The Labute approximate surface area is 116 Å². The van der Waals surface area contributed by atoms with Crippen molar-refractivity contribution in [3.8, 4) is 11.5 Å². The Bertz CT molecular complexity index is 640. The molecule has 0 saturated heterocycles. The number of hydrogen-bond acceptors (Lipinski definition) is 4. The monoisotopic (exact) mass is 274 g/mol. The van der Waals surface area contributed by atoms with Crippen molar-refractivity contribution >= 4 is 12.2 Å². The third-order valence-electron chi connectivity index (χ3n) is 2.89. The van der Waals surface area contributed by atoms with Crippen molar-refractivity contribution in [2.45, 2.75) is 19.8 Å². The summed E-state index contributed by atoms with van der Waals surface area (Å²) in [5.41, 5.74) is 0.855.